The van der Waals surface area contributed by atoms with Gasteiger partial charge in [0, 0.05) is 6.54 Å². The molecule has 6 nitrogen and oxygen atoms in total. The van der Waals surface area contributed by atoms with E-state index >= 15 is 0 Å². The maximum atomic E-state index is 13.0. The summed E-state index contributed by atoms with van der Waals surface area (Å²) < 4.78 is 17.9. The monoisotopic (exact) mass is 332 g/mol. The molecule has 130 valence electrons. The number of methoxy groups -OCH3 is 3. The van der Waals surface area contributed by atoms with Crippen LogP contribution in [-0.4, -0.2) is 30.9 Å². The van der Waals surface area contributed by atoms with E-state index in [9.17, 15) is 4.79 Å². The van der Waals surface area contributed by atoms with Crippen LogP contribution in [0.2, 0.25) is 0 Å². The third-order valence-electron chi connectivity index (χ3n) is 5.29. The van der Waals surface area contributed by atoms with Gasteiger partial charge in [-0.3, -0.25) is 9.36 Å². The normalized spacial score (nSPS) is 15.8. The van der Waals surface area contributed by atoms with Crippen LogP contribution in [0.5, 0.6) is 17.2 Å². The Labute approximate surface area is 141 Å². The van der Waals surface area contributed by atoms with Crippen molar-refractivity contribution in [2.45, 2.75) is 39.2 Å². The molecule has 0 atom stereocenters. The molecule has 1 aliphatic rings. The maximum Gasteiger partial charge on any atom is 0.261 e. The van der Waals surface area contributed by atoms with Crippen LogP contribution in [0.15, 0.2) is 17.2 Å². The quantitative estimate of drug-likeness (QED) is 0.814. The topological polar surface area (TPSA) is 62.6 Å². The van der Waals surface area contributed by atoms with E-state index in [4.69, 9.17) is 14.2 Å². The second-order valence-electron chi connectivity index (χ2n) is 6.43. The van der Waals surface area contributed by atoms with E-state index in [0.29, 0.717) is 34.7 Å². The fourth-order valence-electron chi connectivity index (χ4n) is 3.54. The lowest BCUT2D eigenvalue weighted by atomic mass is 9.67. The van der Waals surface area contributed by atoms with E-state index in [1.54, 1.807) is 24.1 Å². The predicted octanol–water partition coefficient (Wildman–Crippen LogP) is 3.00. The molecule has 0 radical (unpaired) electrons. The van der Waals surface area contributed by atoms with Crippen molar-refractivity contribution in [1.29, 1.82) is 0 Å². The fourth-order valence-corrected chi connectivity index (χ4v) is 3.54. The van der Waals surface area contributed by atoms with Gasteiger partial charge in [-0.05, 0) is 30.7 Å². The number of hydrogen-bond donors (Lipinski definition) is 0. The van der Waals surface area contributed by atoms with Crippen LogP contribution in [0.1, 0.15) is 32.6 Å². The molecule has 0 aliphatic heterocycles. The number of fused-ring (bicyclic) bond motifs is 1. The molecule has 3 rings (SSSR count). The Balaban J connectivity index is 2.16. The number of benzene rings is 1. The summed E-state index contributed by atoms with van der Waals surface area (Å²) in [6, 6.07) is 1.68. The van der Waals surface area contributed by atoms with Crippen LogP contribution in [0.3, 0.4) is 0 Å². The van der Waals surface area contributed by atoms with Gasteiger partial charge in [0.1, 0.15) is 5.52 Å². The van der Waals surface area contributed by atoms with Crippen molar-refractivity contribution in [2.24, 2.45) is 5.41 Å². The molecule has 1 fully saturated rings. The van der Waals surface area contributed by atoms with Crippen LogP contribution < -0.4 is 19.8 Å². The van der Waals surface area contributed by atoms with Crippen molar-refractivity contribution >= 4 is 10.9 Å². The average Bonchev–Trinajstić information content (AvgIpc) is 2.58. The summed E-state index contributed by atoms with van der Waals surface area (Å²) in [5.74, 6) is 1.33. The van der Waals surface area contributed by atoms with Crippen LogP contribution in [0.4, 0.5) is 0 Å². The minimum atomic E-state index is -0.0704. The van der Waals surface area contributed by atoms with Crippen molar-refractivity contribution in [2.75, 3.05) is 21.3 Å². The lowest BCUT2D eigenvalue weighted by molar-refractivity contribution is 0.0986. The van der Waals surface area contributed by atoms with Gasteiger partial charge in [-0.15, -0.1) is 0 Å². The Morgan fingerprint density at radius 3 is 2.38 bits per heavy atom. The van der Waals surface area contributed by atoms with Gasteiger partial charge in [0.25, 0.3) is 5.56 Å². The first-order valence-corrected chi connectivity index (χ1v) is 8.27. The second-order valence-corrected chi connectivity index (χ2v) is 6.43. The highest BCUT2D eigenvalue weighted by molar-refractivity contribution is 5.89. The highest BCUT2D eigenvalue weighted by atomic mass is 16.5. The van der Waals surface area contributed by atoms with Crippen LogP contribution in [-0.2, 0) is 6.54 Å². The molecule has 0 amide bonds. The van der Waals surface area contributed by atoms with Crippen LogP contribution in [0.25, 0.3) is 10.9 Å². The van der Waals surface area contributed by atoms with Crippen molar-refractivity contribution in [3.63, 3.8) is 0 Å². The molecule has 0 saturated heterocycles. The maximum absolute atomic E-state index is 13.0. The second kappa shape index (κ2) is 6.34. The largest absolute Gasteiger partial charge is 0.493 e. The predicted molar refractivity (Wildman–Crippen MR) is 92.2 cm³/mol. The molecule has 0 unspecified atom stereocenters. The fraction of sp³-hybridized carbons (Fsp3) is 0.556. The van der Waals surface area contributed by atoms with Gasteiger partial charge >= 0.3 is 0 Å². The first kappa shape index (κ1) is 16.6. The molecule has 1 saturated carbocycles. The lowest BCUT2D eigenvalue weighted by Crippen LogP contribution is -2.37. The van der Waals surface area contributed by atoms with Crippen LogP contribution >= 0.6 is 0 Å². The van der Waals surface area contributed by atoms with E-state index < -0.39 is 0 Å². The van der Waals surface area contributed by atoms with Gasteiger partial charge in [-0.2, -0.15) is 0 Å². The molecule has 1 aromatic carbocycles. The lowest BCUT2D eigenvalue weighted by Gasteiger charge is -2.41. The minimum absolute atomic E-state index is 0.0704. The molecule has 0 N–H and O–H groups in total. The molecule has 1 aromatic heterocycles. The van der Waals surface area contributed by atoms with Gasteiger partial charge < -0.3 is 14.2 Å². The number of rotatable bonds is 6. The summed E-state index contributed by atoms with van der Waals surface area (Å²) in [5.41, 5.74) is 0.661. The Morgan fingerprint density at radius 1 is 1.17 bits per heavy atom. The number of ether oxygens (including phenoxy) is 3. The Morgan fingerprint density at radius 2 is 1.88 bits per heavy atom. The molecule has 6 heteroatoms. The Kier molecular flexibility index (Phi) is 4.39. The van der Waals surface area contributed by atoms with E-state index in [2.05, 4.69) is 11.9 Å². The molecular weight excluding hydrogens is 308 g/mol. The van der Waals surface area contributed by atoms with Crippen molar-refractivity contribution in [3.05, 3.63) is 22.7 Å². The van der Waals surface area contributed by atoms with Gasteiger partial charge in [-0.25, -0.2) is 4.98 Å². The van der Waals surface area contributed by atoms with E-state index in [-0.39, 0.29) is 11.0 Å². The molecule has 0 bridgehead atoms. The van der Waals surface area contributed by atoms with Crippen LogP contribution in [0, 0.1) is 5.41 Å². The Hall–Kier alpha value is -2.24. The van der Waals surface area contributed by atoms with Crippen molar-refractivity contribution < 1.29 is 14.2 Å². The average molecular weight is 332 g/mol. The number of aromatic nitrogens is 2. The van der Waals surface area contributed by atoms with E-state index in [1.165, 1.54) is 33.5 Å². The summed E-state index contributed by atoms with van der Waals surface area (Å²) in [6.07, 6.45) is 6.27. The summed E-state index contributed by atoms with van der Waals surface area (Å²) in [6.45, 7) is 2.90. The van der Waals surface area contributed by atoms with Gasteiger partial charge in [0.15, 0.2) is 11.5 Å². The van der Waals surface area contributed by atoms with Crippen molar-refractivity contribution in [3.8, 4) is 17.2 Å². The van der Waals surface area contributed by atoms with E-state index in [0.717, 1.165) is 6.42 Å². The number of nitrogens with zero attached hydrogens (tertiary/aromatic N) is 2. The van der Waals surface area contributed by atoms with Gasteiger partial charge in [0.05, 0.1) is 33.0 Å². The minimum Gasteiger partial charge on any atom is -0.493 e. The van der Waals surface area contributed by atoms with E-state index in [1.807, 2.05) is 0 Å². The summed E-state index contributed by atoms with van der Waals surface area (Å²) in [7, 11) is 4.61. The van der Waals surface area contributed by atoms with Gasteiger partial charge in [-0.1, -0.05) is 13.3 Å². The number of hydrogen-bond acceptors (Lipinski definition) is 5. The molecule has 1 aliphatic carbocycles. The molecule has 24 heavy (non-hydrogen) atoms. The third kappa shape index (κ3) is 2.50. The first-order valence-electron chi connectivity index (χ1n) is 8.27. The molecule has 1 heterocycles. The molecular formula is C18H24N2O4. The highest BCUT2D eigenvalue weighted by Gasteiger charge is 2.35. The Bertz CT molecular complexity index is 803. The van der Waals surface area contributed by atoms with Gasteiger partial charge in [0.2, 0.25) is 5.75 Å². The molecule has 2 aromatic rings. The standard InChI is InChI=1S/C18H24N2O4/c1-5-18(7-6-8-18)10-20-11-19-14-12(17(20)21)9-13(22-2)15(23-3)16(14)24-4/h9,11H,5-8,10H2,1-4H3. The summed E-state index contributed by atoms with van der Waals surface area (Å²) in [4.78, 5) is 17.4. The zero-order chi connectivity index (χ0) is 17.3. The zero-order valence-electron chi connectivity index (χ0n) is 14.7. The molecule has 0 spiro atoms. The SMILES string of the molecule is CCC1(Cn2cnc3c(OC)c(OC)c(OC)cc3c2=O)CCC1. The summed E-state index contributed by atoms with van der Waals surface area (Å²) in [5, 5.41) is 0.484. The smallest absolute Gasteiger partial charge is 0.261 e. The highest BCUT2D eigenvalue weighted by Crippen LogP contribution is 2.45. The third-order valence-corrected chi connectivity index (χ3v) is 5.29. The van der Waals surface area contributed by atoms with Crippen molar-refractivity contribution in [1.82, 2.24) is 9.55 Å². The first-order chi connectivity index (χ1) is 11.6. The summed E-state index contributed by atoms with van der Waals surface area (Å²) >= 11 is 0. The zero-order valence-corrected chi connectivity index (χ0v) is 14.7.